The smallest absolute Gasteiger partial charge is 0.0991 e. The Morgan fingerprint density at radius 1 is 1.17 bits per heavy atom. The van der Waals surface area contributed by atoms with E-state index in [4.69, 9.17) is 5.26 Å². The number of allylic oxidation sites excluding steroid dienone is 1. The van der Waals surface area contributed by atoms with Gasteiger partial charge < -0.3 is 0 Å². The zero-order valence-corrected chi connectivity index (χ0v) is 10.8. The largest absolute Gasteiger partial charge is 0.192 e. The number of benzene rings is 1. The van der Waals surface area contributed by atoms with Crippen LogP contribution in [0.5, 0.6) is 0 Å². The molecule has 0 bridgehead atoms. The first-order valence-corrected chi connectivity index (χ1v) is 6.21. The van der Waals surface area contributed by atoms with Crippen molar-refractivity contribution in [1.29, 1.82) is 5.26 Å². The van der Waals surface area contributed by atoms with E-state index in [1.165, 1.54) is 12.8 Å². The van der Waals surface area contributed by atoms with Gasteiger partial charge in [-0.3, -0.25) is 0 Å². The third-order valence-corrected chi connectivity index (χ3v) is 2.62. The Bertz CT molecular complexity index is 526. The van der Waals surface area contributed by atoms with Crippen molar-refractivity contribution in [3.05, 3.63) is 53.3 Å². The molecule has 0 atom stereocenters. The fraction of sp³-hybridized carbons (Fsp3) is 0.294. The van der Waals surface area contributed by atoms with Crippen molar-refractivity contribution < 1.29 is 0 Å². The topological polar surface area (TPSA) is 23.8 Å². The maximum Gasteiger partial charge on any atom is 0.0991 e. The molecule has 0 unspecified atom stereocenters. The minimum atomic E-state index is 0.656. The summed E-state index contributed by atoms with van der Waals surface area (Å²) in [7, 11) is 0. The van der Waals surface area contributed by atoms with Crippen molar-refractivity contribution in [2.75, 3.05) is 0 Å². The summed E-state index contributed by atoms with van der Waals surface area (Å²) in [6.07, 6.45) is 4.49. The standard InChI is InChI=1S/C17H17N/c1-3-5-6-7-15(4-2)8-9-16-10-12-17(14-18)13-11-16/h10-13H,2-3,5-7H2,1H3. The van der Waals surface area contributed by atoms with Gasteiger partial charge in [0.25, 0.3) is 0 Å². The summed E-state index contributed by atoms with van der Waals surface area (Å²) >= 11 is 0. The van der Waals surface area contributed by atoms with Crippen molar-refractivity contribution in [1.82, 2.24) is 0 Å². The molecule has 0 aromatic heterocycles. The van der Waals surface area contributed by atoms with Crippen molar-refractivity contribution in [3.8, 4) is 17.9 Å². The number of rotatable bonds is 4. The van der Waals surface area contributed by atoms with Crippen LogP contribution in [0.3, 0.4) is 0 Å². The molecule has 0 aliphatic carbocycles. The SMILES string of the molecule is C=C=C(C#Cc1ccc(C#N)cc1)CCCCC. The van der Waals surface area contributed by atoms with Gasteiger partial charge in [0.1, 0.15) is 0 Å². The van der Waals surface area contributed by atoms with Crippen molar-refractivity contribution in [3.63, 3.8) is 0 Å². The quantitative estimate of drug-likeness (QED) is 0.436. The Labute approximate surface area is 109 Å². The summed E-state index contributed by atoms with van der Waals surface area (Å²) in [6.45, 7) is 5.85. The third kappa shape index (κ3) is 4.75. The third-order valence-electron chi connectivity index (χ3n) is 2.62. The first kappa shape index (κ1) is 13.9. The second-order valence-corrected chi connectivity index (χ2v) is 4.05. The lowest BCUT2D eigenvalue weighted by Gasteiger charge is -1.95. The molecule has 1 rings (SSSR count). The highest BCUT2D eigenvalue weighted by atomic mass is 14.2. The summed E-state index contributed by atoms with van der Waals surface area (Å²) in [4.78, 5) is 0. The molecule has 0 fully saturated rings. The molecule has 18 heavy (non-hydrogen) atoms. The maximum atomic E-state index is 8.70. The molecule has 1 aromatic carbocycles. The van der Waals surface area contributed by atoms with Crippen LogP contribution < -0.4 is 0 Å². The van der Waals surface area contributed by atoms with Crippen LogP contribution in [0.25, 0.3) is 0 Å². The van der Waals surface area contributed by atoms with E-state index in [0.717, 1.165) is 24.0 Å². The van der Waals surface area contributed by atoms with Gasteiger partial charge in [-0.1, -0.05) is 38.2 Å². The van der Waals surface area contributed by atoms with E-state index in [1.54, 1.807) is 12.1 Å². The second-order valence-electron chi connectivity index (χ2n) is 4.05. The van der Waals surface area contributed by atoms with Crippen LogP contribution in [-0.4, -0.2) is 0 Å². The van der Waals surface area contributed by atoms with Crippen LogP contribution >= 0.6 is 0 Å². The van der Waals surface area contributed by atoms with Crippen molar-refractivity contribution in [2.45, 2.75) is 32.6 Å². The van der Waals surface area contributed by atoms with Gasteiger partial charge in [0, 0.05) is 11.1 Å². The average molecular weight is 235 g/mol. The molecular formula is C17H17N. The van der Waals surface area contributed by atoms with E-state index in [-0.39, 0.29) is 0 Å². The van der Waals surface area contributed by atoms with Gasteiger partial charge >= 0.3 is 0 Å². The normalized spacial score (nSPS) is 8.67. The zero-order chi connectivity index (χ0) is 13.2. The van der Waals surface area contributed by atoms with Gasteiger partial charge in [-0.15, -0.1) is 5.73 Å². The second kappa shape index (κ2) is 7.97. The molecule has 1 nitrogen and oxygen atoms in total. The lowest BCUT2D eigenvalue weighted by molar-refractivity contribution is 0.721. The van der Waals surface area contributed by atoms with E-state index in [0.29, 0.717) is 5.56 Å². The van der Waals surface area contributed by atoms with Crippen LogP contribution in [0.4, 0.5) is 0 Å². The van der Waals surface area contributed by atoms with E-state index < -0.39 is 0 Å². The molecule has 0 radical (unpaired) electrons. The molecule has 1 heteroatoms. The van der Waals surface area contributed by atoms with Gasteiger partial charge in [0.2, 0.25) is 0 Å². The molecule has 0 saturated carbocycles. The number of hydrogen-bond acceptors (Lipinski definition) is 1. The molecule has 0 aliphatic heterocycles. The number of nitriles is 1. The Morgan fingerprint density at radius 3 is 2.39 bits per heavy atom. The fourth-order valence-electron chi connectivity index (χ4n) is 1.52. The molecule has 0 saturated heterocycles. The molecule has 0 N–H and O–H groups in total. The average Bonchev–Trinajstić information content (AvgIpc) is 2.43. The summed E-state index contributed by atoms with van der Waals surface area (Å²) in [6, 6.07) is 9.36. The molecule has 0 aliphatic rings. The number of hydrogen-bond donors (Lipinski definition) is 0. The minimum Gasteiger partial charge on any atom is -0.192 e. The summed E-state index contributed by atoms with van der Waals surface area (Å²) in [5.41, 5.74) is 5.43. The van der Waals surface area contributed by atoms with Gasteiger partial charge in [0.15, 0.2) is 0 Å². The van der Waals surface area contributed by atoms with Crippen LogP contribution in [-0.2, 0) is 0 Å². The van der Waals surface area contributed by atoms with Crippen LogP contribution in [0.2, 0.25) is 0 Å². The lowest BCUT2D eigenvalue weighted by Crippen LogP contribution is -1.81. The Morgan fingerprint density at radius 2 is 1.83 bits per heavy atom. The molecular weight excluding hydrogens is 218 g/mol. The minimum absolute atomic E-state index is 0.656. The van der Waals surface area contributed by atoms with Gasteiger partial charge in [-0.2, -0.15) is 5.26 Å². The predicted molar refractivity (Wildman–Crippen MR) is 74.8 cm³/mol. The van der Waals surface area contributed by atoms with Crippen LogP contribution in [0.1, 0.15) is 43.7 Å². The number of nitrogens with zero attached hydrogens (tertiary/aromatic N) is 1. The van der Waals surface area contributed by atoms with Crippen LogP contribution in [0.15, 0.2) is 42.1 Å². The van der Waals surface area contributed by atoms with Gasteiger partial charge in [0.05, 0.1) is 11.6 Å². The molecule has 0 amide bonds. The van der Waals surface area contributed by atoms with Crippen molar-refractivity contribution in [2.24, 2.45) is 0 Å². The zero-order valence-electron chi connectivity index (χ0n) is 10.8. The summed E-state index contributed by atoms with van der Waals surface area (Å²) < 4.78 is 0. The molecule has 1 aromatic rings. The van der Waals surface area contributed by atoms with E-state index in [9.17, 15) is 0 Å². The van der Waals surface area contributed by atoms with Gasteiger partial charge in [-0.05, 0) is 37.1 Å². The van der Waals surface area contributed by atoms with E-state index >= 15 is 0 Å². The van der Waals surface area contributed by atoms with Crippen molar-refractivity contribution >= 4 is 0 Å². The Hall–Kier alpha value is -2.21. The first-order chi connectivity index (χ1) is 8.80. The van der Waals surface area contributed by atoms with Crippen LogP contribution in [0, 0.1) is 23.2 Å². The monoisotopic (exact) mass is 235 g/mol. The first-order valence-electron chi connectivity index (χ1n) is 6.21. The lowest BCUT2D eigenvalue weighted by atomic mass is 10.1. The maximum absolute atomic E-state index is 8.70. The van der Waals surface area contributed by atoms with Gasteiger partial charge in [-0.25, -0.2) is 0 Å². The van der Waals surface area contributed by atoms with E-state index in [1.807, 2.05) is 12.1 Å². The highest BCUT2D eigenvalue weighted by Gasteiger charge is 1.93. The molecule has 0 spiro atoms. The highest BCUT2D eigenvalue weighted by Crippen LogP contribution is 2.07. The molecule has 0 heterocycles. The Kier molecular flexibility index (Phi) is 6.13. The fourth-order valence-corrected chi connectivity index (χ4v) is 1.52. The summed E-state index contributed by atoms with van der Waals surface area (Å²) in [5, 5.41) is 8.70. The van der Waals surface area contributed by atoms with E-state index in [2.05, 4.69) is 37.1 Å². The highest BCUT2D eigenvalue weighted by molar-refractivity contribution is 5.43. The number of unbranched alkanes of at least 4 members (excludes halogenated alkanes) is 2. The summed E-state index contributed by atoms with van der Waals surface area (Å²) in [5.74, 6) is 6.17. The Balaban J connectivity index is 2.67. The molecule has 90 valence electrons. The predicted octanol–water partition coefficient (Wildman–Crippen LogP) is 4.20.